The summed E-state index contributed by atoms with van der Waals surface area (Å²) < 4.78 is 7.42. The summed E-state index contributed by atoms with van der Waals surface area (Å²) in [7, 11) is 0. The van der Waals surface area contributed by atoms with Crippen LogP contribution in [0.2, 0.25) is 0 Å². The third-order valence-electron chi connectivity index (χ3n) is 4.72. The molecule has 6 nitrogen and oxygen atoms in total. The van der Waals surface area contributed by atoms with E-state index < -0.39 is 0 Å². The van der Waals surface area contributed by atoms with Crippen molar-refractivity contribution in [1.82, 2.24) is 25.1 Å². The first kappa shape index (κ1) is 13.6. The maximum atomic E-state index is 5.44. The number of ether oxygens (including phenoxy) is 1. The van der Waals surface area contributed by atoms with Crippen LogP contribution < -0.4 is 5.32 Å². The molecule has 0 bridgehead atoms. The number of piperidine rings is 1. The average molecular weight is 307 g/mol. The second-order valence-corrected chi connectivity index (χ2v) is 7.34. The van der Waals surface area contributed by atoms with E-state index in [-0.39, 0.29) is 5.41 Å². The molecule has 0 amide bonds. The Bertz CT molecular complexity index is 624. The average Bonchev–Trinajstić information content (AvgIpc) is 3.09. The van der Waals surface area contributed by atoms with Gasteiger partial charge in [-0.15, -0.1) is 10.2 Å². The molecule has 2 saturated heterocycles. The highest BCUT2D eigenvalue weighted by Crippen LogP contribution is 2.35. The molecule has 114 valence electrons. The number of hydrogen-bond donors (Lipinski definition) is 1. The summed E-state index contributed by atoms with van der Waals surface area (Å²) in [6.07, 6.45) is 4.44. The van der Waals surface area contributed by atoms with Gasteiger partial charge in [0.15, 0.2) is 5.82 Å². The lowest BCUT2D eigenvalue weighted by Gasteiger charge is -2.31. The van der Waals surface area contributed by atoms with Gasteiger partial charge in [0.25, 0.3) is 0 Å². The second-order valence-electron chi connectivity index (χ2n) is 6.39. The Balaban J connectivity index is 1.68. The van der Waals surface area contributed by atoms with E-state index in [0.29, 0.717) is 5.92 Å². The molecule has 2 aliphatic rings. The molecule has 0 aromatic carbocycles. The van der Waals surface area contributed by atoms with Crippen molar-refractivity contribution >= 4 is 16.3 Å². The fourth-order valence-electron chi connectivity index (χ4n) is 3.33. The van der Waals surface area contributed by atoms with Crippen molar-refractivity contribution in [2.24, 2.45) is 0 Å². The van der Waals surface area contributed by atoms with E-state index in [1.807, 2.05) is 4.52 Å². The first-order valence-electron chi connectivity index (χ1n) is 7.77. The number of nitrogens with zero attached hydrogens (tertiary/aromatic N) is 4. The Labute approximate surface area is 127 Å². The predicted molar refractivity (Wildman–Crippen MR) is 80.9 cm³/mol. The summed E-state index contributed by atoms with van der Waals surface area (Å²) in [6.45, 7) is 6.06. The molecule has 2 fully saturated rings. The zero-order chi connectivity index (χ0) is 14.3. The molecular formula is C14H21N5OS. The number of hydrogen-bond acceptors (Lipinski definition) is 6. The molecule has 0 aliphatic carbocycles. The van der Waals surface area contributed by atoms with Crippen LogP contribution in [0.15, 0.2) is 0 Å². The molecule has 4 rings (SSSR count). The first-order chi connectivity index (χ1) is 10.3. The molecule has 0 saturated carbocycles. The van der Waals surface area contributed by atoms with Crippen LogP contribution in [-0.2, 0) is 10.2 Å². The number of fused-ring (bicyclic) bond motifs is 1. The molecule has 0 radical (unpaired) electrons. The van der Waals surface area contributed by atoms with E-state index in [2.05, 4.69) is 22.4 Å². The minimum Gasteiger partial charge on any atom is -0.381 e. The quantitative estimate of drug-likeness (QED) is 0.915. The van der Waals surface area contributed by atoms with Crippen LogP contribution in [0, 0.1) is 0 Å². The molecule has 21 heavy (non-hydrogen) atoms. The fourth-order valence-corrected chi connectivity index (χ4v) is 4.34. The van der Waals surface area contributed by atoms with Crippen molar-refractivity contribution < 1.29 is 4.74 Å². The minimum absolute atomic E-state index is 0.135. The molecule has 2 aromatic heterocycles. The van der Waals surface area contributed by atoms with Crippen molar-refractivity contribution in [2.45, 2.75) is 43.9 Å². The van der Waals surface area contributed by atoms with Crippen LogP contribution in [0.3, 0.4) is 0 Å². The number of nitrogens with one attached hydrogen (secondary N) is 1. The van der Waals surface area contributed by atoms with Crippen LogP contribution in [0.4, 0.5) is 0 Å². The monoisotopic (exact) mass is 307 g/mol. The van der Waals surface area contributed by atoms with Gasteiger partial charge in [0, 0.05) is 31.1 Å². The number of rotatable bonds is 2. The van der Waals surface area contributed by atoms with E-state index in [4.69, 9.17) is 9.84 Å². The molecule has 1 unspecified atom stereocenters. The molecule has 7 heteroatoms. The van der Waals surface area contributed by atoms with Gasteiger partial charge >= 0.3 is 0 Å². The summed E-state index contributed by atoms with van der Waals surface area (Å²) in [4.78, 5) is 0.929. The summed E-state index contributed by atoms with van der Waals surface area (Å²) in [6, 6.07) is 0. The van der Waals surface area contributed by atoms with Gasteiger partial charge in [0.2, 0.25) is 4.96 Å². The zero-order valence-electron chi connectivity index (χ0n) is 12.3. The van der Waals surface area contributed by atoms with Crippen LogP contribution in [0.5, 0.6) is 0 Å². The van der Waals surface area contributed by atoms with Crippen molar-refractivity contribution in [1.29, 1.82) is 0 Å². The Kier molecular flexibility index (Phi) is 3.43. The highest BCUT2D eigenvalue weighted by Gasteiger charge is 2.33. The second kappa shape index (κ2) is 5.30. The van der Waals surface area contributed by atoms with Crippen LogP contribution >= 0.6 is 11.3 Å². The Hall–Kier alpha value is -1.05. The van der Waals surface area contributed by atoms with E-state index in [1.165, 1.54) is 17.8 Å². The molecular weight excluding hydrogens is 286 g/mol. The Morgan fingerprint density at radius 3 is 2.95 bits per heavy atom. The van der Waals surface area contributed by atoms with Gasteiger partial charge < -0.3 is 10.1 Å². The maximum absolute atomic E-state index is 5.44. The molecule has 0 spiro atoms. The molecule has 1 N–H and O–H groups in total. The summed E-state index contributed by atoms with van der Waals surface area (Å²) >= 11 is 1.69. The van der Waals surface area contributed by atoms with Gasteiger partial charge in [-0.2, -0.15) is 9.61 Å². The van der Waals surface area contributed by atoms with E-state index in [9.17, 15) is 0 Å². The normalized spacial score (nSPS) is 28.2. The third-order valence-corrected chi connectivity index (χ3v) is 5.92. The first-order valence-corrected chi connectivity index (χ1v) is 8.59. The van der Waals surface area contributed by atoms with Gasteiger partial charge in [0.05, 0.1) is 0 Å². The van der Waals surface area contributed by atoms with Crippen molar-refractivity contribution in [3.63, 3.8) is 0 Å². The van der Waals surface area contributed by atoms with E-state index >= 15 is 0 Å². The SMILES string of the molecule is CC1(c2nn3c(C4CCOCC4)nnc3s2)CCCNC1. The van der Waals surface area contributed by atoms with Crippen LogP contribution in [-0.4, -0.2) is 46.1 Å². The molecule has 2 aromatic rings. The van der Waals surface area contributed by atoms with E-state index in [0.717, 1.165) is 49.9 Å². The van der Waals surface area contributed by atoms with Crippen molar-refractivity contribution in [3.05, 3.63) is 10.8 Å². The number of aromatic nitrogens is 4. The van der Waals surface area contributed by atoms with Crippen LogP contribution in [0.1, 0.15) is 49.4 Å². The Morgan fingerprint density at radius 2 is 2.19 bits per heavy atom. The van der Waals surface area contributed by atoms with Gasteiger partial charge in [-0.05, 0) is 32.2 Å². The molecule has 2 aliphatic heterocycles. The minimum atomic E-state index is 0.135. The lowest BCUT2D eigenvalue weighted by Crippen LogP contribution is -2.41. The molecule has 1 atom stereocenters. The standard InChI is InChI=1S/C14H21N5OS/c1-14(5-2-6-15-9-14)12-18-19-11(16-17-13(19)21-12)10-3-7-20-8-4-10/h10,15H,2-9H2,1H3. The lowest BCUT2D eigenvalue weighted by molar-refractivity contribution is 0.0831. The fraction of sp³-hybridized carbons (Fsp3) is 0.786. The predicted octanol–water partition coefficient (Wildman–Crippen LogP) is 1.72. The molecule has 4 heterocycles. The van der Waals surface area contributed by atoms with Gasteiger partial charge in [-0.3, -0.25) is 0 Å². The van der Waals surface area contributed by atoms with Crippen molar-refractivity contribution in [2.75, 3.05) is 26.3 Å². The van der Waals surface area contributed by atoms with E-state index in [1.54, 1.807) is 11.3 Å². The highest BCUT2D eigenvalue weighted by atomic mass is 32.1. The Morgan fingerprint density at radius 1 is 1.33 bits per heavy atom. The van der Waals surface area contributed by atoms with Gasteiger partial charge in [-0.25, -0.2) is 0 Å². The summed E-state index contributed by atoms with van der Waals surface area (Å²) in [5.41, 5.74) is 0.135. The van der Waals surface area contributed by atoms with Gasteiger partial charge in [-0.1, -0.05) is 18.3 Å². The largest absolute Gasteiger partial charge is 0.381 e. The topological polar surface area (TPSA) is 64.3 Å². The lowest BCUT2D eigenvalue weighted by atomic mass is 9.83. The summed E-state index contributed by atoms with van der Waals surface area (Å²) in [5, 5.41) is 18.3. The highest BCUT2D eigenvalue weighted by molar-refractivity contribution is 7.16. The smallest absolute Gasteiger partial charge is 0.234 e. The van der Waals surface area contributed by atoms with Crippen LogP contribution in [0.25, 0.3) is 4.96 Å². The third kappa shape index (κ3) is 2.37. The zero-order valence-corrected chi connectivity index (χ0v) is 13.2. The summed E-state index contributed by atoms with van der Waals surface area (Å²) in [5.74, 6) is 1.45. The van der Waals surface area contributed by atoms with Gasteiger partial charge in [0.1, 0.15) is 5.01 Å². The maximum Gasteiger partial charge on any atom is 0.234 e. The van der Waals surface area contributed by atoms with Crippen molar-refractivity contribution in [3.8, 4) is 0 Å².